The zero-order chi connectivity index (χ0) is 31.8. The smallest absolute Gasteiger partial charge is 0.296 e. The zero-order valence-electron chi connectivity index (χ0n) is 21.5. The standard InChI is InChI=1S/C21H21N9O9S4/c22-11-13-1-2-15(9-14(13)12-23)40-26-6-5-24-19-28-20(25-7-8-41(31,32)33)30-21(29-19)27-17-10-16(42(34,35)36)3-4-18(17)43(37,38)39/h1-4,9-10,26H,5-8H2,(H,31,32,33)(H,34,35,36)(H,37,38,39)(H3,24,25,27,28,29,30). The van der Waals surface area contributed by atoms with E-state index in [-0.39, 0.29) is 42.7 Å². The van der Waals surface area contributed by atoms with E-state index in [4.69, 9.17) is 15.1 Å². The molecule has 0 aliphatic carbocycles. The van der Waals surface area contributed by atoms with Crippen LogP contribution in [0, 0.1) is 22.7 Å². The number of hydrogen-bond donors (Lipinski definition) is 7. The largest absolute Gasteiger partial charge is 0.353 e. The van der Waals surface area contributed by atoms with E-state index in [2.05, 4.69) is 35.6 Å². The van der Waals surface area contributed by atoms with Crippen LogP contribution in [0.25, 0.3) is 0 Å². The van der Waals surface area contributed by atoms with Crippen LogP contribution >= 0.6 is 11.9 Å². The minimum Gasteiger partial charge on any atom is -0.353 e. The number of nitrogens with zero attached hydrogens (tertiary/aromatic N) is 5. The molecule has 2 aromatic carbocycles. The molecule has 3 aromatic rings. The van der Waals surface area contributed by atoms with Gasteiger partial charge in [-0.1, -0.05) is 0 Å². The molecule has 3 rings (SSSR count). The van der Waals surface area contributed by atoms with Crippen molar-refractivity contribution in [1.29, 1.82) is 10.5 Å². The van der Waals surface area contributed by atoms with Gasteiger partial charge in [0.15, 0.2) is 0 Å². The summed E-state index contributed by atoms with van der Waals surface area (Å²) >= 11 is 1.17. The van der Waals surface area contributed by atoms with E-state index in [9.17, 15) is 34.4 Å². The van der Waals surface area contributed by atoms with E-state index in [1.54, 1.807) is 6.07 Å². The molecule has 0 radical (unpaired) electrons. The predicted molar refractivity (Wildman–Crippen MR) is 152 cm³/mol. The number of benzene rings is 2. The quantitative estimate of drug-likeness (QED) is 0.0710. The molecule has 0 atom stereocenters. The SMILES string of the molecule is N#Cc1ccc(SNCCNc2nc(NCCS(=O)(=O)O)nc(Nc3cc(S(=O)(=O)O)ccc3S(=O)(=O)O)n2)cc1C#N. The average Bonchev–Trinajstić information content (AvgIpc) is 2.90. The molecule has 0 aliphatic rings. The second-order valence-corrected chi connectivity index (χ2v) is 13.5. The molecular weight excluding hydrogens is 651 g/mol. The molecule has 43 heavy (non-hydrogen) atoms. The molecule has 0 aliphatic heterocycles. The summed E-state index contributed by atoms with van der Waals surface area (Å²) in [4.78, 5) is 11.2. The molecule has 18 nitrogen and oxygen atoms in total. The summed E-state index contributed by atoms with van der Waals surface area (Å²) in [6.45, 7) is 0.121. The summed E-state index contributed by atoms with van der Waals surface area (Å²) in [6, 6.07) is 10.7. The van der Waals surface area contributed by atoms with Gasteiger partial charge in [0.05, 0.1) is 27.5 Å². The highest BCUT2D eigenvalue weighted by atomic mass is 32.2. The van der Waals surface area contributed by atoms with E-state index in [1.807, 2.05) is 12.1 Å². The van der Waals surface area contributed by atoms with Crippen molar-refractivity contribution in [3.63, 3.8) is 0 Å². The lowest BCUT2D eigenvalue weighted by Crippen LogP contribution is -2.20. The van der Waals surface area contributed by atoms with Crippen LogP contribution < -0.4 is 20.7 Å². The number of anilines is 4. The third-order valence-electron chi connectivity index (χ3n) is 4.98. The Morgan fingerprint density at radius 3 is 1.95 bits per heavy atom. The van der Waals surface area contributed by atoms with Gasteiger partial charge in [-0.15, -0.1) is 0 Å². The van der Waals surface area contributed by atoms with Gasteiger partial charge in [0.2, 0.25) is 17.8 Å². The number of hydrogen-bond acceptors (Lipinski definition) is 16. The highest BCUT2D eigenvalue weighted by Crippen LogP contribution is 2.27. The Bertz CT molecular complexity index is 1930. The third kappa shape index (κ3) is 10.3. The van der Waals surface area contributed by atoms with Crippen molar-refractivity contribution in [3.05, 3.63) is 47.5 Å². The molecule has 0 unspecified atom stereocenters. The maximum absolute atomic E-state index is 11.9. The van der Waals surface area contributed by atoms with Crippen LogP contribution in [0.4, 0.5) is 23.5 Å². The summed E-state index contributed by atoms with van der Waals surface area (Å²) in [5.74, 6) is -1.47. The van der Waals surface area contributed by atoms with Gasteiger partial charge in [-0.2, -0.15) is 50.7 Å². The van der Waals surface area contributed by atoms with E-state index >= 15 is 0 Å². The molecule has 1 heterocycles. The fourth-order valence-electron chi connectivity index (χ4n) is 3.13. The Morgan fingerprint density at radius 1 is 0.744 bits per heavy atom. The summed E-state index contributed by atoms with van der Waals surface area (Å²) in [7, 11) is -14.0. The van der Waals surface area contributed by atoms with Gasteiger partial charge in [0.1, 0.15) is 17.0 Å². The average molecular weight is 672 g/mol. The summed E-state index contributed by atoms with van der Waals surface area (Å²) in [6.07, 6.45) is 0. The Hall–Kier alpha value is -4.13. The lowest BCUT2D eigenvalue weighted by atomic mass is 10.1. The van der Waals surface area contributed by atoms with Crippen molar-refractivity contribution < 1.29 is 38.9 Å². The first-order chi connectivity index (χ1) is 20.1. The van der Waals surface area contributed by atoms with Crippen molar-refractivity contribution in [2.75, 3.05) is 41.3 Å². The van der Waals surface area contributed by atoms with Crippen LogP contribution in [0.1, 0.15) is 11.1 Å². The molecule has 0 spiro atoms. The molecule has 0 bridgehead atoms. The van der Waals surface area contributed by atoms with Crippen molar-refractivity contribution in [1.82, 2.24) is 19.7 Å². The minimum atomic E-state index is -4.90. The van der Waals surface area contributed by atoms with Crippen molar-refractivity contribution in [2.45, 2.75) is 14.7 Å². The van der Waals surface area contributed by atoms with Gasteiger partial charge in [-0.3, -0.25) is 18.4 Å². The first-order valence-electron chi connectivity index (χ1n) is 11.5. The van der Waals surface area contributed by atoms with Crippen molar-refractivity contribution >= 4 is 65.8 Å². The predicted octanol–water partition coefficient (Wildman–Crippen LogP) is 0.860. The van der Waals surface area contributed by atoms with Crippen LogP contribution in [0.5, 0.6) is 0 Å². The zero-order valence-corrected chi connectivity index (χ0v) is 24.7. The first kappa shape index (κ1) is 33.4. The molecule has 22 heteroatoms. The molecule has 0 fully saturated rings. The van der Waals surface area contributed by atoms with E-state index in [1.165, 1.54) is 24.1 Å². The van der Waals surface area contributed by atoms with Crippen molar-refractivity contribution in [3.8, 4) is 12.1 Å². The summed E-state index contributed by atoms with van der Waals surface area (Å²) in [5, 5.41) is 26.0. The lowest BCUT2D eigenvalue weighted by molar-refractivity contribution is 0.479. The van der Waals surface area contributed by atoms with Gasteiger partial charge in [-0.25, -0.2) is 0 Å². The van der Waals surface area contributed by atoms with Crippen LogP contribution in [0.2, 0.25) is 0 Å². The number of nitrogens with one attached hydrogen (secondary N) is 4. The second-order valence-electron chi connectivity index (χ2n) is 8.11. The van der Waals surface area contributed by atoms with Gasteiger partial charge in [-0.05, 0) is 48.3 Å². The molecule has 7 N–H and O–H groups in total. The third-order valence-corrected chi connectivity index (χ3v) is 8.30. The Kier molecular flexibility index (Phi) is 10.8. The van der Waals surface area contributed by atoms with Crippen LogP contribution in [-0.4, -0.2) is 79.3 Å². The molecule has 0 saturated carbocycles. The van der Waals surface area contributed by atoms with Crippen molar-refractivity contribution in [2.24, 2.45) is 0 Å². The first-order valence-corrected chi connectivity index (χ1v) is 16.8. The van der Waals surface area contributed by atoms with E-state index < -0.39 is 57.5 Å². The van der Waals surface area contributed by atoms with Crippen LogP contribution in [-0.2, 0) is 30.4 Å². The maximum Gasteiger partial charge on any atom is 0.296 e. The monoisotopic (exact) mass is 671 g/mol. The fraction of sp³-hybridized carbons (Fsp3) is 0.190. The topological polar surface area (TPSA) is 297 Å². The van der Waals surface area contributed by atoms with Gasteiger partial charge >= 0.3 is 0 Å². The normalized spacial score (nSPS) is 11.7. The lowest BCUT2D eigenvalue weighted by Gasteiger charge is -2.13. The molecule has 0 saturated heterocycles. The minimum absolute atomic E-state index is 0.122. The van der Waals surface area contributed by atoms with Gasteiger partial charge in [0, 0.05) is 24.5 Å². The van der Waals surface area contributed by atoms with Crippen LogP contribution in [0.3, 0.4) is 0 Å². The fourth-order valence-corrected chi connectivity index (χ4v) is 5.31. The molecule has 0 amide bonds. The Morgan fingerprint density at radius 2 is 1.37 bits per heavy atom. The van der Waals surface area contributed by atoms with Gasteiger partial charge in [0.25, 0.3) is 30.4 Å². The summed E-state index contributed by atoms with van der Waals surface area (Å²) < 4.78 is 99.9. The second kappa shape index (κ2) is 13.9. The molecule has 1 aromatic heterocycles. The van der Waals surface area contributed by atoms with E-state index in [0.29, 0.717) is 11.0 Å². The molecular formula is C21H21N9O9S4. The number of nitriles is 2. The molecule has 228 valence electrons. The highest BCUT2D eigenvalue weighted by Gasteiger charge is 2.21. The highest BCUT2D eigenvalue weighted by molar-refractivity contribution is 7.97. The maximum atomic E-state index is 11.9. The Labute approximate surface area is 250 Å². The number of aromatic nitrogens is 3. The Balaban J connectivity index is 1.81. The van der Waals surface area contributed by atoms with Crippen LogP contribution in [0.15, 0.2) is 51.1 Å². The van der Waals surface area contributed by atoms with Gasteiger partial charge < -0.3 is 16.0 Å². The summed E-state index contributed by atoms with van der Waals surface area (Å²) in [5.41, 5.74) is -0.0796. The van der Waals surface area contributed by atoms with E-state index in [0.717, 1.165) is 12.1 Å². The number of rotatable bonds is 14.